The predicted octanol–water partition coefficient (Wildman–Crippen LogP) is 3.96. The van der Waals surface area contributed by atoms with Crippen molar-refractivity contribution < 1.29 is 4.79 Å². The Morgan fingerprint density at radius 1 is 1.04 bits per heavy atom. The van der Waals surface area contributed by atoms with E-state index in [4.69, 9.17) is 0 Å². The summed E-state index contributed by atoms with van der Waals surface area (Å²) in [5, 5.41) is 7.68. The van der Waals surface area contributed by atoms with Gasteiger partial charge in [0, 0.05) is 56.8 Å². The summed E-state index contributed by atoms with van der Waals surface area (Å²) in [5.74, 6) is -0.00933. The van der Waals surface area contributed by atoms with Gasteiger partial charge in [0.25, 0.3) is 0 Å². The summed E-state index contributed by atoms with van der Waals surface area (Å²) < 4.78 is 0. The minimum absolute atomic E-state index is 0.00933. The number of aryl methyl sites for hydroxylation is 1. The van der Waals surface area contributed by atoms with E-state index in [1.165, 1.54) is 11.1 Å². The first-order valence-corrected chi connectivity index (χ1v) is 10.1. The summed E-state index contributed by atoms with van der Waals surface area (Å²) in [6.07, 6.45) is 3.11. The van der Waals surface area contributed by atoms with Crippen LogP contribution in [0, 0.1) is 6.92 Å². The van der Waals surface area contributed by atoms with Gasteiger partial charge in [-0.1, -0.05) is 48.0 Å². The maximum absolute atomic E-state index is 12.0. The molecule has 2 aromatic rings. The molecular formula is C23H30N4O. The Bertz CT molecular complexity index is 761. The molecule has 5 nitrogen and oxygen atoms in total. The Balaban J connectivity index is 1.30. The van der Waals surface area contributed by atoms with E-state index in [0.717, 1.165) is 56.8 Å². The van der Waals surface area contributed by atoms with Crippen LogP contribution in [0.2, 0.25) is 0 Å². The largest absolute Gasteiger partial charge is 0.385 e. The Morgan fingerprint density at radius 2 is 1.75 bits per heavy atom. The van der Waals surface area contributed by atoms with Gasteiger partial charge >= 0.3 is 0 Å². The van der Waals surface area contributed by atoms with E-state index in [1.807, 2.05) is 6.07 Å². The van der Waals surface area contributed by atoms with Crippen LogP contribution in [-0.2, 0) is 11.3 Å². The Labute approximate surface area is 167 Å². The molecule has 0 aliphatic carbocycles. The second-order valence-electron chi connectivity index (χ2n) is 7.37. The van der Waals surface area contributed by atoms with Crippen LogP contribution in [0.25, 0.3) is 0 Å². The molecule has 1 heterocycles. The number of nitrogens with zero attached hydrogens (tertiary/aromatic N) is 2. The van der Waals surface area contributed by atoms with Gasteiger partial charge < -0.3 is 5.32 Å². The van der Waals surface area contributed by atoms with Crippen LogP contribution in [0.5, 0.6) is 0 Å². The lowest BCUT2D eigenvalue weighted by Gasteiger charge is -2.27. The molecule has 0 atom stereocenters. The van der Waals surface area contributed by atoms with Crippen LogP contribution in [-0.4, -0.2) is 36.2 Å². The Kier molecular flexibility index (Phi) is 7.62. The molecule has 2 aromatic carbocycles. The van der Waals surface area contributed by atoms with Gasteiger partial charge in [-0.3, -0.25) is 9.69 Å². The number of benzene rings is 2. The Hall–Kier alpha value is -2.66. The summed E-state index contributed by atoms with van der Waals surface area (Å²) in [4.78, 5) is 14.4. The van der Waals surface area contributed by atoms with Gasteiger partial charge in [0.1, 0.15) is 0 Å². The van der Waals surface area contributed by atoms with Crippen molar-refractivity contribution in [3.63, 3.8) is 0 Å². The quantitative estimate of drug-likeness (QED) is 0.540. The first-order valence-electron chi connectivity index (χ1n) is 10.1. The average Bonchev–Trinajstić information content (AvgIpc) is 2.73. The molecule has 0 aromatic heterocycles. The maximum Gasteiger partial charge on any atom is 0.240 e. The molecule has 148 valence electrons. The molecule has 0 bridgehead atoms. The van der Waals surface area contributed by atoms with Crippen LogP contribution >= 0.6 is 0 Å². The van der Waals surface area contributed by atoms with Gasteiger partial charge in [-0.05, 0) is 31.0 Å². The van der Waals surface area contributed by atoms with Crippen molar-refractivity contribution in [2.24, 2.45) is 5.10 Å². The third-order valence-electron chi connectivity index (χ3n) is 4.98. The molecule has 1 aliphatic rings. The molecule has 1 aliphatic heterocycles. The molecule has 1 fully saturated rings. The van der Waals surface area contributed by atoms with Crippen LogP contribution in [0.15, 0.2) is 59.7 Å². The van der Waals surface area contributed by atoms with E-state index >= 15 is 0 Å². The second-order valence-corrected chi connectivity index (χ2v) is 7.37. The van der Waals surface area contributed by atoms with Crippen molar-refractivity contribution in [3.8, 4) is 0 Å². The van der Waals surface area contributed by atoms with Crippen molar-refractivity contribution in [2.75, 3.05) is 25.0 Å². The molecule has 1 amide bonds. The van der Waals surface area contributed by atoms with Gasteiger partial charge in [0.15, 0.2) is 0 Å². The number of carbonyl (C=O) groups excluding carboxylic acids is 1. The highest BCUT2D eigenvalue weighted by atomic mass is 16.2. The molecule has 0 saturated carbocycles. The summed E-state index contributed by atoms with van der Waals surface area (Å²) in [7, 11) is 0. The number of hydrogen-bond acceptors (Lipinski definition) is 4. The average molecular weight is 379 g/mol. The fourth-order valence-corrected chi connectivity index (χ4v) is 3.27. The first-order chi connectivity index (χ1) is 13.7. The molecular weight excluding hydrogens is 348 g/mol. The number of hydrazone groups is 1. The molecule has 1 saturated heterocycles. The fourth-order valence-electron chi connectivity index (χ4n) is 3.27. The lowest BCUT2D eigenvalue weighted by Crippen LogP contribution is -2.34. The maximum atomic E-state index is 12.0. The lowest BCUT2D eigenvalue weighted by molar-refractivity contribution is -0.121. The summed E-state index contributed by atoms with van der Waals surface area (Å²) in [6, 6.07) is 18.8. The highest BCUT2D eigenvalue weighted by molar-refractivity contribution is 5.87. The van der Waals surface area contributed by atoms with E-state index in [9.17, 15) is 4.79 Å². The number of likely N-dealkylation sites (tertiary alicyclic amines) is 1. The molecule has 3 rings (SSSR count). The third kappa shape index (κ3) is 6.82. The predicted molar refractivity (Wildman–Crippen MR) is 115 cm³/mol. The van der Waals surface area contributed by atoms with Crippen molar-refractivity contribution in [1.82, 2.24) is 10.3 Å². The second kappa shape index (κ2) is 10.6. The van der Waals surface area contributed by atoms with Crippen LogP contribution in [0.1, 0.15) is 36.8 Å². The summed E-state index contributed by atoms with van der Waals surface area (Å²) in [5.41, 5.74) is 7.50. The zero-order valence-electron chi connectivity index (χ0n) is 16.7. The van der Waals surface area contributed by atoms with Crippen LogP contribution in [0.4, 0.5) is 5.69 Å². The lowest BCUT2D eigenvalue weighted by atomic mass is 10.1. The van der Waals surface area contributed by atoms with Crippen molar-refractivity contribution >= 4 is 17.3 Å². The minimum Gasteiger partial charge on any atom is -0.385 e. The van der Waals surface area contributed by atoms with Crippen molar-refractivity contribution in [2.45, 2.75) is 39.2 Å². The number of piperidine rings is 1. The Morgan fingerprint density at radius 3 is 2.46 bits per heavy atom. The zero-order valence-corrected chi connectivity index (χ0v) is 16.7. The molecule has 28 heavy (non-hydrogen) atoms. The number of anilines is 1. The van der Waals surface area contributed by atoms with Crippen LogP contribution < -0.4 is 10.7 Å². The molecule has 0 unspecified atom stereocenters. The van der Waals surface area contributed by atoms with Gasteiger partial charge in [-0.25, -0.2) is 5.43 Å². The zero-order chi connectivity index (χ0) is 19.6. The topological polar surface area (TPSA) is 56.7 Å². The van der Waals surface area contributed by atoms with Gasteiger partial charge in [-0.15, -0.1) is 0 Å². The normalized spacial score (nSPS) is 14.5. The van der Waals surface area contributed by atoms with Gasteiger partial charge in [-0.2, -0.15) is 5.10 Å². The SMILES string of the molecule is Cc1ccc(NCCCC(=O)NN=C2CCN(Cc3ccccc3)CC2)cc1. The number of amides is 1. The molecule has 2 N–H and O–H groups in total. The fraction of sp³-hybridized carbons (Fsp3) is 0.391. The van der Waals surface area contributed by atoms with E-state index in [0.29, 0.717) is 6.42 Å². The van der Waals surface area contributed by atoms with E-state index in [2.05, 4.69) is 76.2 Å². The third-order valence-corrected chi connectivity index (χ3v) is 4.98. The highest BCUT2D eigenvalue weighted by Gasteiger charge is 2.15. The van der Waals surface area contributed by atoms with E-state index in [1.54, 1.807) is 0 Å². The smallest absolute Gasteiger partial charge is 0.240 e. The number of hydrogen-bond donors (Lipinski definition) is 2. The van der Waals surface area contributed by atoms with E-state index < -0.39 is 0 Å². The van der Waals surface area contributed by atoms with Crippen molar-refractivity contribution in [3.05, 3.63) is 65.7 Å². The number of nitrogens with one attached hydrogen (secondary N) is 2. The van der Waals surface area contributed by atoms with E-state index in [-0.39, 0.29) is 5.91 Å². The molecule has 5 heteroatoms. The highest BCUT2D eigenvalue weighted by Crippen LogP contribution is 2.12. The first kappa shape index (κ1) is 20.1. The standard InChI is InChI=1S/C23H30N4O/c1-19-9-11-21(12-10-19)24-15-5-8-23(28)26-25-22-13-16-27(17-14-22)18-20-6-3-2-4-7-20/h2-4,6-7,9-12,24H,5,8,13-18H2,1H3,(H,26,28). The summed E-state index contributed by atoms with van der Waals surface area (Å²) >= 11 is 0. The van der Waals surface area contributed by atoms with Crippen molar-refractivity contribution in [1.29, 1.82) is 0 Å². The van der Waals surface area contributed by atoms with Gasteiger partial charge in [0.05, 0.1) is 0 Å². The summed E-state index contributed by atoms with van der Waals surface area (Å²) in [6.45, 7) is 5.81. The number of carbonyl (C=O) groups is 1. The molecule has 0 spiro atoms. The molecule has 0 radical (unpaired) electrons. The van der Waals surface area contributed by atoms with Gasteiger partial charge in [0.2, 0.25) is 5.91 Å². The minimum atomic E-state index is -0.00933. The monoisotopic (exact) mass is 378 g/mol. The number of rotatable bonds is 8. The van der Waals surface area contributed by atoms with Crippen LogP contribution in [0.3, 0.4) is 0 Å².